The van der Waals surface area contributed by atoms with E-state index in [1.165, 1.54) is 24.9 Å². The molecule has 1 heterocycles. The molecule has 0 bridgehead atoms. The summed E-state index contributed by atoms with van der Waals surface area (Å²) in [6.45, 7) is 0.237. The van der Waals surface area contributed by atoms with Gasteiger partial charge in [-0.05, 0) is 7.05 Å². The van der Waals surface area contributed by atoms with Gasteiger partial charge in [-0.2, -0.15) is 0 Å². The first-order valence-electron chi connectivity index (χ1n) is 4.66. The van der Waals surface area contributed by atoms with Crippen molar-refractivity contribution in [2.24, 2.45) is 14.1 Å². The summed E-state index contributed by atoms with van der Waals surface area (Å²) in [6, 6.07) is 0. The molecule has 0 aromatic carbocycles. The zero-order chi connectivity index (χ0) is 13.0. The van der Waals surface area contributed by atoms with Gasteiger partial charge in [0, 0.05) is 14.1 Å². The Bertz CT molecular complexity index is 539. The van der Waals surface area contributed by atoms with E-state index in [2.05, 4.69) is 5.32 Å². The van der Waals surface area contributed by atoms with E-state index in [-0.39, 0.29) is 12.5 Å². The Kier molecular flexibility index (Phi) is 4.95. The fourth-order valence-electron chi connectivity index (χ4n) is 1.06. The van der Waals surface area contributed by atoms with Crippen LogP contribution in [0, 0.1) is 0 Å². The fourth-order valence-corrected chi connectivity index (χ4v) is 2.03. The van der Waals surface area contributed by atoms with Crippen LogP contribution in [-0.4, -0.2) is 22.9 Å². The molecule has 0 fully saturated rings. The lowest BCUT2D eigenvalue weighted by Crippen LogP contribution is -2.36. The first kappa shape index (κ1) is 14.0. The van der Waals surface area contributed by atoms with E-state index in [1.807, 2.05) is 0 Å². The maximum absolute atomic E-state index is 11.7. The minimum Gasteiger partial charge on any atom is -0.300 e. The van der Waals surface area contributed by atoms with E-state index < -0.39 is 18.4 Å². The summed E-state index contributed by atoms with van der Waals surface area (Å²) in [4.78, 5) is 23.1. The van der Waals surface area contributed by atoms with Gasteiger partial charge in [0.15, 0.2) is 6.73 Å². The first-order chi connectivity index (χ1) is 7.97. The van der Waals surface area contributed by atoms with Crippen molar-refractivity contribution in [1.82, 2.24) is 14.5 Å². The lowest BCUT2D eigenvalue weighted by Gasteiger charge is -2.02. The molecule has 17 heavy (non-hydrogen) atoms. The van der Waals surface area contributed by atoms with Gasteiger partial charge in [0.2, 0.25) is 11.8 Å². The highest BCUT2D eigenvalue weighted by molar-refractivity contribution is 8.00. The number of nitrogens with zero attached hydrogens (tertiary/aromatic N) is 2. The highest BCUT2D eigenvalue weighted by Gasteiger charge is 2.20. The van der Waals surface area contributed by atoms with Gasteiger partial charge >= 0.3 is 18.4 Å². The zero-order valence-electron chi connectivity index (χ0n) is 9.67. The van der Waals surface area contributed by atoms with Gasteiger partial charge in [-0.3, -0.25) is 19.2 Å². The van der Waals surface area contributed by atoms with Crippen LogP contribution in [0.5, 0.6) is 5.75 Å². The molecule has 0 radical (unpaired) electrons. The summed E-state index contributed by atoms with van der Waals surface area (Å²) in [6.07, 6.45) is 1.30. The van der Waals surface area contributed by atoms with E-state index in [1.54, 1.807) is 7.05 Å². The molecule has 0 aliphatic rings. The van der Waals surface area contributed by atoms with Crippen LogP contribution < -0.4 is 21.1 Å². The summed E-state index contributed by atoms with van der Waals surface area (Å²) in [5.41, 5.74) is -0.953. The number of hydrogen-bond donors (Lipinski definition) is 1. The summed E-state index contributed by atoms with van der Waals surface area (Å²) < 4.78 is 12.5. The second-order valence-electron chi connectivity index (χ2n) is 3.19. The minimum atomic E-state index is -1.62. The molecule has 1 unspecified atom stereocenters. The van der Waals surface area contributed by atoms with Gasteiger partial charge in [0.25, 0.3) is 5.75 Å². The quantitative estimate of drug-likeness (QED) is 0.574. The van der Waals surface area contributed by atoms with Gasteiger partial charge in [0.05, 0.1) is 6.20 Å². The smallest absolute Gasteiger partial charge is 0.300 e. The Balaban J connectivity index is 2.97. The van der Waals surface area contributed by atoms with Crippen LogP contribution in [0.3, 0.4) is 0 Å². The van der Waals surface area contributed by atoms with Crippen molar-refractivity contribution in [2.45, 2.75) is 0 Å². The highest BCUT2D eigenvalue weighted by atomic mass is 32.4. The molecule has 1 N–H and O–H groups in total. The number of hydrogen-bond acceptors (Lipinski definition) is 6. The third kappa shape index (κ3) is 3.44. The molecule has 0 amide bonds. The van der Waals surface area contributed by atoms with Crippen molar-refractivity contribution in [3.8, 4) is 5.75 Å². The minimum absolute atomic E-state index is 0.00631. The number of aromatic nitrogens is 2. The van der Waals surface area contributed by atoms with Gasteiger partial charge < -0.3 is 0 Å². The van der Waals surface area contributed by atoms with E-state index in [4.69, 9.17) is 20.9 Å². The maximum atomic E-state index is 11.7. The third-order valence-corrected chi connectivity index (χ3v) is 3.13. The van der Waals surface area contributed by atoms with Crippen LogP contribution in [0.1, 0.15) is 0 Å². The van der Waals surface area contributed by atoms with E-state index in [0.717, 1.165) is 4.57 Å². The summed E-state index contributed by atoms with van der Waals surface area (Å²) >= 11 is 4.91. The lowest BCUT2D eigenvalue weighted by molar-refractivity contribution is 0.305. The molecular weight excluding hydrogens is 265 g/mol. The normalized spacial score (nSPS) is 11.4. The monoisotopic (exact) mass is 278 g/mol. The third-order valence-electron chi connectivity index (χ3n) is 1.90. The Morgan fingerprint density at radius 1 is 1.47 bits per heavy atom. The number of rotatable bonds is 5. The van der Waals surface area contributed by atoms with Gasteiger partial charge in [0.1, 0.15) is 0 Å². The van der Waals surface area contributed by atoms with Gasteiger partial charge in [-0.25, -0.2) is 9.32 Å². The van der Waals surface area contributed by atoms with Crippen LogP contribution in [0.2, 0.25) is 0 Å². The molecule has 1 aromatic rings. The van der Waals surface area contributed by atoms with Crippen LogP contribution in [0.4, 0.5) is 0 Å². The van der Waals surface area contributed by atoms with Crippen LogP contribution in [-0.2, 0) is 30.4 Å². The Morgan fingerprint density at radius 3 is 2.71 bits per heavy atom. The van der Waals surface area contributed by atoms with E-state index in [0.29, 0.717) is 0 Å². The molecule has 1 aromatic heterocycles. The van der Waals surface area contributed by atoms with Crippen molar-refractivity contribution in [1.29, 1.82) is 0 Å². The van der Waals surface area contributed by atoms with Crippen molar-refractivity contribution in [2.75, 3.05) is 13.8 Å². The topological polar surface area (TPSA) is 74.5 Å². The van der Waals surface area contributed by atoms with Gasteiger partial charge in [-0.15, -0.1) is 4.52 Å². The van der Waals surface area contributed by atoms with Crippen molar-refractivity contribution in [3.05, 3.63) is 27.0 Å². The predicted molar refractivity (Wildman–Crippen MR) is 66.8 cm³/mol. The molecule has 94 valence electrons. The second-order valence-corrected chi connectivity index (χ2v) is 4.98. The Morgan fingerprint density at radius 2 is 2.12 bits per heavy atom. The van der Waals surface area contributed by atoms with Crippen LogP contribution >= 0.6 is 7.15 Å². The van der Waals surface area contributed by atoms with Crippen molar-refractivity contribution >= 4 is 19.0 Å². The summed E-state index contributed by atoms with van der Waals surface area (Å²) in [5.74, 6) is 0.00631. The second kappa shape index (κ2) is 6.02. The lowest BCUT2D eigenvalue weighted by atomic mass is 10.6. The van der Waals surface area contributed by atoms with Crippen molar-refractivity contribution in [3.63, 3.8) is 0 Å². The molecular formula is C8H13N3O4PS+. The molecule has 0 aliphatic carbocycles. The first-order valence-corrected chi connectivity index (χ1v) is 6.86. The Labute approximate surface area is 104 Å². The fraction of sp³-hybridized carbons (Fsp3) is 0.500. The largest absolute Gasteiger partial charge is 0.575 e. The maximum Gasteiger partial charge on any atom is 0.575 e. The SMILES string of the molecule is CNCO[P+](=S)Oc1cn(C)c(=O)n(C)c1=O. The highest BCUT2D eigenvalue weighted by Crippen LogP contribution is 2.24. The molecule has 1 atom stereocenters. The predicted octanol–water partition coefficient (Wildman–Crippen LogP) is -0.570. The van der Waals surface area contributed by atoms with E-state index >= 15 is 0 Å². The molecule has 7 nitrogen and oxygen atoms in total. The van der Waals surface area contributed by atoms with E-state index in [9.17, 15) is 9.59 Å². The average molecular weight is 278 g/mol. The molecule has 0 spiro atoms. The molecule has 1 rings (SSSR count). The molecule has 0 aliphatic heterocycles. The summed E-state index contributed by atoms with van der Waals surface area (Å²) in [5, 5.41) is 2.74. The molecule has 9 heteroatoms. The standard InChI is InChI=1S/C8H13N3O4PS/c1-9-5-14-16(17)15-6-4-10(2)8(13)11(3)7(6)12/h4,9H,5H2,1-3H3/q+1. The Hall–Kier alpha value is -1.08. The summed E-state index contributed by atoms with van der Waals surface area (Å²) in [7, 11) is 2.97. The van der Waals surface area contributed by atoms with Gasteiger partial charge in [-0.1, -0.05) is 0 Å². The number of aryl methyl sites for hydroxylation is 1. The molecule has 0 saturated heterocycles. The zero-order valence-corrected chi connectivity index (χ0v) is 11.4. The van der Waals surface area contributed by atoms with Crippen LogP contribution in [0.25, 0.3) is 0 Å². The van der Waals surface area contributed by atoms with Crippen LogP contribution in [0.15, 0.2) is 15.8 Å². The number of nitrogens with one attached hydrogen (secondary N) is 1. The van der Waals surface area contributed by atoms with Crippen molar-refractivity contribution < 1.29 is 9.05 Å². The molecule has 0 saturated carbocycles. The average Bonchev–Trinajstić information content (AvgIpc) is 2.30.